The second kappa shape index (κ2) is 7.24. The van der Waals surface area contributed by atoms with Gasteiger partial charge in [0.05, 0.1) is 11.6 Å². The number of nitrogens with zero attached hydrogens (tertiary/aromatic N) is 1. The number of halogens is 1. The maximum atomic E-state index is 13.1. The molecule has 1 rings (SSSR count). The average Bonchev–Trinajstić information content (AvgIpc) is 2.34. The normalized spacial score (nSPS) is 13.9. The summed E-state index contributed by atoms with van der Waals surface area (Å²) in [5.74, 6) is 0.302. The van der Waals surface area contributed by atoms with Gasteiger partial charge in [0, 0.05) is 35.4 Å². The van der Waals surface area contributed by atoms with Crippen LogP contribution in [0.5, 0.6) is 0 Å². The van der Waals surface area contributed by atoms with Crippen LogP contribution < -0.4 is 5.32 Å². The van der Waals surface area contributed by atoms with E-state index in [4.69, 9.17) is 5.26 Å². The molecule has 0 aliphatic rings. The molecule has 0 aliphatic carbocycles. The van der Waals surface area contributed by atoms with E-state index in [9.17, 15) is 8.60 Å². The Bertz CT molecular complexity index is 471. The molecule has 1 aromatic carbocycles. The van der Waals surface area contributed by atoms with E-state index < -0.39 is 10.8 Å². The molecule has 98 valence electrons. The number of nitriles is 1. The summed E-state index contributed by atoms with van der Waals surface area (Å²) in [4.78, 5) is 0. The van der Waals surface area contributed by atoms with Crippen LogP contribution >= 0.6 is 0 Å². The molecule has 2 atom stereocenters. The number of nitrogens with one attached hydrogen (secondary N) is 1. The second-order valence-electron chi connectivity index (χ2n) is 4.26. The molecule has 2 unspecified atom stereocenters. The monoisotopic (exact) mass is 268 g/mol. The minimum atomic E-state index is -0.796. The fourth-order valence-corrected chi connectivity index (χ4v) is 2.23. The summed E-state index contributed by atoms with van der Waals surface area (Å²) >= 11 is 0. The Morgan fingerprint density at radius 1 is 1.56 bits per heavy atom. The number of benzene rings is 1. The van der Waals surface area contributed by atoms with E-state index in [1.165, 1.54) is 18.2 Å². The van der Waals surface area contributed by atoms with Crippen molar-refractivity contribution in [3.63, 3.8) is 0 Å². The van der Waals surface area contributed by atoms with Crippen molar-refractivity contribution < 1.29 is 8.60 Å². The zero-order valence-corrected chi connectivity index (χ0v) is 11.4. The number of hydrogen-bond donors (Lipinski definition) is 1. The van der Waals surface area contributed by atoms with Crippen LogP contribution in [0.15, 0.2) is 18.2 Å². The molecule has 18 heavy (non-hydrogen) atoms. The fraction of sp³-hybridized carbons (Fsp3) is 0.462. The molecular weight excluding hydrogens is 251 g/mol. The van der Waals surface area contributed by atoms with Crippen LogP contribution in [0.1, 0.15) is 24.5 Å². The van der Waals surface area contributed by atoms with E-state index in [1.807, 2.05) is 13.0 Å². The third-order valence-electron chi connectivity index (χ3n) is 2.67. The first-order chi connectivity index (χ1) is 8.52. The van der Waals surface area contributed by atoms with E-state index in [0.29, 0.717) is 23.4 Å². The molecule has 0 saturated carbocycles. The Morgan fingerprint density at radius 3 is 2.89 bits per heavy atom. The molecule has 0 aromatic heterocycles. The molecule has 0 saturated heterocycles. The Hall–Kier alpha value is -1.25. The van der Waals surface area contributed by atoms with E-state index in [0.717, 1.165) is 6.42 Å². The van der Waals surface area contributed by atoms with Gasteiger partial charge in [0.15, 0.2) is 0 Å². The minimum absolute atomic E-state index is 0.184. The molecule has 1 N–H and O–H groups in total. The Labute approximate surface area is 109 Å². The SMILES string of the molecule is CC(CCS(C)=O)NCc1cc(F)ccc1C#N. The van der Waals surface area contributed by atoms with Crippen LogP contribution in [0.3, 0.4) is 0 Å². The summed E-state index contributed by atoms with van der Waals surface area (Å²) in [6.07, 6.45) is 2.47. The van der Waals surface area contributed by atoms with Crippen LogP contribution in [-0.2, 0) is 17.3 Å². The molecule has 0 bridgehead atoms. The predicted molar refractivity (Wildman–Crippen MR) is 71.0 cm³/mol. The Morgan fingerprint density at radius 2 is 2.28 bits per heavy atom. The molecule has 0 spiro atoms. The maximum absolute atomic E-state index is 13.1. The van der Waals surface area contributed by atoms with Gasteiger partial charge in [0.25, 0.3) is 0 Å². The zero-order valence-electron chi connectivity index (χ0n) is 10.6. The first-order valence-corrected chi connectivity index (χ1v) is 7.47. The molecule has 0 amide bonds. The van der Waals surface area contributed by atoms with Crippen molar-refractivity contribution in [2.24, 2.45) is 0 Å². The average molecular weight is 268 g/mol. The lowest BCUT2D eigenvalue weighted by molar-refractivity contribution is 0.532. The topological polar surface area (TPSA) is 52.9 Å². The van der Waals surface area contributed by atoms with Gasteiger partial charge in [-0.05, 0) is 37.1 Å². The van der Waals surface area contributed by atoms with Crippen LogP contribution in [-0.4, -0.2) is 22.3 Å². The van der Waals surface area contributed by atoms with Gasteiger partial charge in [0.1, 0.15) is 5.82 Å². The molecule has 0 aliphatic heterocycles. The maximum Gasteiger partial charge on any atom is 0.123 e. The molecule has 0 heterocycles. The molecule has 0 fully saturated rings. The van der Waals surface area contributed by atoms with Gasteiger partial charge in [0.2, 0.25) is 0 Å². The van der Waals surface area contributed by atoms with Gasteiger partial charge in [-0.25, -0.2) is 4.39 Å². The van der Waals surface area contributed by atoms with Gasteiger partial charge in [-0.2, -0.15) is 5.26 Å². The molecule has 1 aromatic rings. The van der Waals surface area contributed by atoms with Crippen molar-refractivity contribution >= 4 is 10.8 Å². The van der Waals surface area contributed by atoms with Crippen LogP contribution in [0.2, 0.25) is 0 Å². The third kappa shape index (κ3) is 4.94. The van der Waals surface area contributed by atoms with Crippen molar-refractivity contribution in [3.8, 4) is 6.07 Å². The van der Waals surface area contributed by atoms with Gasteiger partial charge >= 0.3 is 0 Å². The van der Waals surface area contributed by atoms with Crippen molar-refractivity contribution in [2.75, 3.05) is 12.0 Å². The van der Waals surface area contributed by atoms with E-state index in [1.54, 1.807) is 6.26 Å². The molecule has 3 nitrogen and oxygen atoms in total. The molecule has 0 radical (unpaired) electrons. The Kier molecular flexibility index (Phi) is 5.96. The van der Waals surface area contributed by atoms with Crippen molar-refractivity contribution in [3.05, 3.63) is 35.1 Å². The predicted octanol–water partition coefficient (Wildman–Crippen LogP) is 1.94. The lowest BCUT2D eigenvalue weighted by Crippen LogP contribution is -2.27. The lowest BCUT2D eigenvalue weighted by atomic mass is 10.1. The minimum Gasteiger partial charge on any atom is -0.310 e. The summed E-state index contributed by atoms with van der Waals surface area (Å²) in [7, 11) is -0.796. The largest absolute Gasteiger partial charge is 0.310 e. The van der Waals surface area contributed by atoms with Gasteiger partial charge < -0.3 is 5.32 Å². The van der Waals surface area contributed by atoms with Crippen LogP contribution in [0.25, 0.3) is 0 Å². The fourth-order valence-electron chi connectivity index (χ4n) is 1.55. The summed E-state index contributed by atoms with van der Waals surface area (Å²) in [5.41, 5.74) is 1.14. The van der Waals surface area contributed by atoms with Gasteiger partial charge in [-0.1, -0.05) is 0 Å². The Balaban J connectivity index is 2.55. The zero-order chi connectivity index (χ0) is 13.5. The van der Waals surface area contributed by atoms with Crippen molar-refractivity contribution in [1.29, 1.82) is 5.26 Å². The molecule has 5 heteroatoms. The van der Waals surface area contributed by atoms with Crippen LogP contribution in [0.4, 0.5) is 4.39 Å². The van der Waals surface area contributed by atoms with Gasteiger partial charge in [-0.3, -0.25) is 4.21 Å². The van der Waals surface area contributed by atoms with E-state index >= 15 is 0 Å². The van der Waals surface area contributed by atoms with Crippen molar-refractivity contribution in [1.82, 2.24) is 5.32 Å². The summed E-state index contributed by atoms with van der Waals surface area (Å²) in [6.45, 7) is 2.43. The van der Waals surface area contributed by atoms with E-state index in [-0.39, 0.29) is 11.9 Å². The second-order valence-corrected chi connectivity index (χ2v) is 5.82. The third-order valence-corrected chi connectivity index (χ3v) is 3.48. The molecular formula is C13H17FN2OS. The standard InChI is InChI=1S/C13H17FN2OS/c1-10(5-6-18(2)17)16-9-12-7-13(14)4-3-11(12)8-15/h3-4,7,10,16H,5-6,9H2,1-2H3. The summed E-state index contributed by atoms with van der Waals surface area (Å²) in [6, 6.07) is 6.36. The highest BCUT2D eigenvalue weighted by Crippen LogP contribution is 2.10. The number of hydrogen-bond acceptors (Lipinski definition) is 3. The smallest absolute Gasteiger partial charge is 0.123 e. The number of rotatable bonds is 6. The first-order valence-electron chi connectivity index (χ1n) is 5.75. The highest BCUT2D eigenvalue weighted by molar-refractivity contribution is 7.84. The summed E-state index contributed by atoms with van der Waals surface area (Å²) in [5, 5.41) is 12.1. The lowest BCUT2D eigenvalue weighted by Gasteiger charge is -2.13. The summed E-state index contributed by atoms with van der Waals surface area (Å²) < 4.78 is 24.0. The highest BCUT2D eigenvalue weighted by atomic mass is 32.2. The highest BCUT2D eigenvalue weighted by Gasteiger charge is 2.07. The van der Waals surface area contributed by atoms with Crippen LogP contribution in [0, 0.1) is 17.1 Å². The first kappa shape index (κ1) is 14.8. The van der Waals surface area contributed by atoms with E-state index in [2.05, 4.69) is 5.32 Å². The van der Waals surface area contributed by atoms with Gasteiger partial charge in [-0.15, -0.1) is 0 Å². The quantitative estimate of drug-likeness (QED) is 0.858. The van der Waals surface area contributed by atoms with Crippen molar-refractivity contribution in [2.45, 2.75) is 25.9 Å².